The van der Waals surface area contributed by atoms with Gasteiger partial charge < -0.3 is 30.2 Å². The Hall–Kier alpha value is -4.51. The molecular formula is C32H40FN7O3. The number of methoxy groups -OCH3 is 1. The number of benzene rings is 2. The van der Waals surface area contributed by atoms with E-state index in [1.807, 2.05) is 42.6 Å². The van der Waals surface area contributed by atoms with Crippen LogP contribution in [0.15, 0.2) is 60.4 Å². The van der Waals surface area contributed by atoms with E-state index in [-0.39, 0.29) is 23.5 Å². The van der Waals surface area contributed by atoms with Gasteiger partial charge in [-0.25, -0.2) is 14.4 Å². The molecule has 4 rings (SSSR count). The highest BCUT2D eigenvalue weighted by Gasteiger charge is 2.28. The van der Waals surface area contributed by atoms with E-state index in [1.165, 1.54) is 19.4 Å². The fourth-order valence-corrected chi connectivity index (χ4v) is 5.21. The molecule has 0 unspecified atom stereocenters. The quantitative estimate of drug-likeness (QED) is 0.176. The van der Waals surface area contributed by atoms with Gasteiger partial charge in [-0.3, -0.25) is 9.59 Å². The Balaban J connectivity index is 1.42. The smallest absolute Gasteiger partial charge is 0.254 e. The maximum Gasteiger partial charge on any atom is 0.254 e. The molecule has 1 aliphatic heterocycles. The standard InChI is InChI=1S/C32H40FN7O3/c1-6-35-29(30-37-20-27(39(30)4)23-8-11-28(43-5)26(33)19-23)38-24-9-10-25(21(2)18-24)32(42)40-16-12-22(13-17-40)31(41)36-15-7-14-34-3/h6,8-11,18-20,22,34H,1,7,12-17H2,2-5H3,(H,35,38)(H,36,41). The fourth-order valence-electron chi connectivity index (χ4n) is 5.21. The van der Waals surface area contributed by atoms with Gasteiger partial charge >= 0.3 is 0 Å². The zero-order chi connectivity index (χ0) is 30.9. The largest absolute Gasteiger partial charge is 0.494 e. The van der Waals surface area contributed by atoms with E-state index in [0.717, 1.165) is 24.2 Å². The van der Waals surface area contributed by atoms with Crippen LogP contribution in [0, 0.1) is 18.7 Å². The SMILES string of the molecule is C=C/N=C(/Nc1ccc(C(=O)N2CCC(C(=O)NCCCNC)CC2)c(C)c1)c1ncc(-c2ccc(OC)c(F)c2)n1C. The fraction of sp³-hybridized carbons (Fsp3) is 0.375. The second-order valence-electron chi connectivity index (χ2n) is 10.5. The normalized spacial score (nSPS) is 14.0. The van der Waals surface area contributed by atoms with Crippen LogP contribution < -0.4 is 20.7 Å². The molecule has 2 heterocycles. The summed E-state index contributed by atoms with van der Waals surface area (Å²) in [6.45, 7) is 8.23. The van der Waals surface area contributed by atoms with Crippen LogP contribution in [-0.4, -0.2) is 72.4 Å². The second-order valence-corrected chi connectivity index (χ2v) is 10.5. The summed E-state index contributed by atoms with van der Waals surface area (Å²) in [4.78, 5) is 36.6. The summed E-state index contributed by atoms with van der Waals surface area (Å²) < 4.78 is 21.2. The van der Waals surface area contributed by atoms with Gasteiger partial charge in [0, 0.05) is 55.6 Å². The number of nitrogens with zero attached hydrogens (tertiary/aromatic N) is 4. The predicted molar refractivity (Wildman–Crippen MR) is 167 cm³/mol. The molecule has 1 saturated heterocycles. The highest BCUT2D eigenvalue weighted by atomic mass is 19.1. The number of hydrogen-bond donors (Lipinski definition) is 3. The summed E-state index contributed by atoms with van der Waals surface area (Å²) in [5, 5.41) is 9.36. The number of ether oxygens (including phenoxy) is 1. The molecule has 3 aromatic rings. The monoisotopic (exact) mass is 589 g/mol. The predicted octanol–water partition coefficient (Wildman–Crippen LogP) is 4.12. The van der Waals surface area contributed by atoms with Crippen LogP contribution >= 0.6 is 0 Å². The summed E-state index contributed by atoms with van der Waals surface area (Å²) in [6, 6.07) is 10.3. The summed E-state index contributed by atoms with van der Waals surface area (Å²) in [7, 11) is 5.14. The first-order valence-electron chi connectivity index (χ1n) is 14.4. The second kappa shape index (κ2) is 14.6. The number of imidazole rings is 1. The van der Waals surface area contributed by atoms with Gasteiger partial charge in [0.15, 0.2) is 23.2 Å². The molecule has 2 amide bonds. The number of aliphatic imine (C=N–C) groups is 1. The lowest BCUT2D eigenvalue weighted by Crippen LogP contribution is -2.43. The van der Waals surface area contributed by atoms with Crippen molar-refractivity contribution < 1.29 is 18.7 Å². The number of amidine groups is 1. The number of aryl methyl sites for hydroxylation is 1. The Bertz CT molecular complexity index is 1490. The highest BCUT2D eigenvalue weighted by Crippen LogP contribution is 2.27. The van der Waals surface area contributed by atoms with Gasteiger partial charge in [0.2, 0.25) is 5.91 Å². The molecule has 2 aromatic carbocycles. The van der Waals surface area contributed by atoms with Gasteiger partial charge in [-0.05, 0) is 81.7 Å². The van der Waals surface area contributed by atoms with E-state index >= 15 is 0 Å². The Morgan fingerprint density at radius 3 is 2.60 bits per heavy atom. The number of rotatable bonds is 11. The van der Waals surface area contributed by atoms with E-state index < -0.39 is 5.82 Å². The van der Waals surface area contributed by atoms with E-state index in [4.69, 9.17) is 4.74 Å². The Labute approximate surface area is 252 Å². The Morgan fingerprint density at radius 1 is 1.19 bits per heavy atom. The highest BCUT2D eigenvalue weighted by molar-refractivity contribution is 6.07. The van der Waals surface area contributed by atoms with Crippen molar-refractivity contribution in [3.05, 3.63) is 78.1 Å². The average Bonchev–Trinajstić information content (AvgIpc) is 3.39. The minimum absolute atomic E-state index is 0.0441. The van der Waals surface area contributed by atoms with Crippen molar-refractivity contribution in [1.29, 1.82) is 0 Å². The van der Waals surface area contributed by atoms with Crippen molar-refractivity contribution in [2.45, 2.75) is 26.2 Å². The lowest BCUT2D eigenvalue weighted by molar-refractivity contribution is -0.126. The topological polar surface area (TPSA) is 113 Å². The first kappa shape index (κ1) is 31.4. The molecule has 0 spiro atoms. The van der Waals surface area contributed by atoms with E-state index in [2.05, 4.69) is 32.5 Å². The van der Waals surface area contributed by atoms with Crippen LogP contribution in [0.3, 0.4) is 0 Å². The number of anilines is 1. The molecule has 0 atom stereocenters. The van der Waals surface area contributed by atoms with Gasteiger partial charge in [0.1, 0.15) is 0 Å². The van der Waals surface area contributed by atoms with Crippen LogP contribution in [0.1, 0.15) is 41.0 Å². The Kier molecular flexibility index (Phi) is 10.7. The first-order valence-corrected chi connectivity index (χ1v) is 14.4. The van der Waals surface area contributed by atoms with Crippen LogP contribution in [0.2, 0.25) is 0 Å². The van der Waals surface area contributed by atoms with Crippen molar-refractivity contribution in [1.82, 2.24) is 25.1 Å². The number of likely N-dealkylation sites (tertiary alicyclic amines) is 1. The molecule has 43 heavy (non-hydrogen) atoms. The number of amides is 2. The molecule has 0 saturated carbocycles. The van der Waals surface area contributed by atoms with Crippen molar-refractivity contribution in [3.8, 4) is 17.0 Å². The average molecular weight is 590 g/mol. The third-order valence-corrected chi connectivity index (χ3v) is 7.64. The molecule has 0 radical (unpaired) electrons. The van der Waals surface area contributed by atoms with Gasteiger partial charge in [-0.2, -0.15) is 0 Å². The van der Waals surface area contributed by atoms with Crippen molar-refractivity contribution >= 4 is 23.3 Å². The maximum absolute atomic E-state index is 14.4. The number of halogens is 1. The minimum Gasteiger partial charge on any atom is -0.494 e. The molecule has 1 aromatic heterocycles. The molecule has 228 valence electrons. The summed E-state index contributed by atoms with van der Waals surface area (Å²) in [5.74, 6) is 0.642. The van der Waals surface area contributed by atoms with E-state index in [9.17, 15) is 14.0 Å². The van der Waals surface area contributed by atoms with Crippen LogP contribution in [0.5, 0.6) is 5.75 Å². The molecular weight excluding hydrogens is 549 g/mol. The third-order valence-electron chi connectivity index (χ3n) is 7.64. The molecule has 1 fully saturated rings. The van der Waals surface area contributed by atoms with Crippen LogP contribution in [0.25, 0.3) is 11.3 Å². The van der Waals surface area contributed by atoms with Gasteiger partial charge in [-0.1, -0.05) is 6.58 Å². The molecule has 0 aliphatic carbocycles. The summed E-state index contributed by atoms with van der Waals surface area (Å²) >= 11 is 0. The number of carbonyl (C=O) groups is 2. The van der Waals surface area contributed by atoms with Crippen molar-refractivity contribution in [3.63, 3.8) is 0 Å². The third kappa shape index (κ3) is 7.47. The number of nitrogens with one attached hydrogen (secondary N) is 3. The molecule has 0 bridgehead atoms. The number of carbonyl (C=O) groups excluding carboxylic acids is 2. The maximum atomic E-state index is 14.4. The number of piperidine rings is 1. The lowest BCUT2D eigenvalue weighted by Gasteiger charge is -2.31. The van der Waals surface area contributed by atoms with E-state index in [1.54, 1.807) is 24.4 Å². The van der Waals surface area contributed by atoms with Gasteiger partial charge in [0.25, 0.3) is 5.91 Å². The van der Waals surface area contributed by atoms with Gasteiger partial charge in [-0.15, -0.1) is 0 Å². The van der Waals surface area contributed by atoms with Gasteiger partial charge in [0.05, 0.1) is 19.0 Å². The molecule has 10 nitrogen and oxygen atoms in total. The zero-order valence-corrected chi connectivity index (χ0v) is 25.2. The summed E-state index contributed by atoms with van der Waals surface area (Å²) in [6.07, 6.45) is 5.26. The lowest BCUT2D eigenvalue weighted by atomic mass is 9.95. The van der Waals surface area contributed by atoms with Crippen LogP contribution in [0.4, 0.5) is 10.1 Å². The Morgan fingerprint density at radius 2 is 1.95 bits per heavy atom. The van der Waals surface area contributed by atoms with Crippen molar-refractivity contribution in [2.75, 3.05) is 45.7 Å². The molecule has 1 aliphatic rings. The van der Waals surface area contributed by atoms with Crippen molar-refractivity contribution in [2.24, 2.45) is 18.0 Å². The number of aromatic nitrogens is 2. The van der Waals surface area contributed by atoms with Crippen LogP contribution in [-0.2, 0) is 11.8 Å². The molecule has 11 heteroatoms. The molecule has 3 N–H and O–H groups in total. The minimum atomic E-state index is -0.461. The van der Waals surface area contributed by atoms with E-state index in [0.29, 0.717) is 61.0 Å². The first-order chi connectivity index (χ1) is 20.8. The number of hydrogen-bond acceptors (Lipinski definition) is 6. The zero-order valence-electron chi connectivity index (χ0n) is 25.2. The summed E-state index contributed by atoms with van der Waals surface area (Å²) in [5.41, 5.74) is 3.49.